The van der Waals surface area contributed by atoms with Gasteiger partial charge in [-0.25, -0.2) is 4.39 Å². The quantitative estimate of drug-likeness (QED) is 0.835. The SMILES string of the molecule is CN(CC(=O)N1CC[C@H]2[C@H](CC(=O)N2C)C1)Cc1ccc(F)cc1. The van der Waals surface area contributed by atoms with Crippen molar-refractivity contribution in [2.75, 3.05) is 33.7 Å². The molecule has 2 amide bonds. The molecule has 2 aliphatic rings. The summed E-state index contributed by atoms with van der Waals surface area (Å²) in [5.41, 5.74) is 0.980. The predicted octanol–water partition coefficient (Wildman–Crippen LogP) is 1.34. The number of amides is 2. The second-order valence-corrected chi connectivity index (χ2v) is 6.96. The fraction of sp³-hybridized carbons (Fsp3) is 0.556. The van der Waals surface area contributed by atoms with Gasteiger partial charge in [-0.2, -0.15) is 0 Å². The number of halogens is 1. The average molecular weight is 333 g/mol. The van der Waals surface area contributed by atoms with E-state index in [9.17, 15) is 14.0 Å². The Morgan fingerprint density at radius 1 is 1.33 bits per heavy atom. The molecule has 0 aliphatic carbocycles. The zero-order valence-corrected chi connectivity index (χ0v) is 14.2. The predicted molar refractivity (Wildman–Crippen MR) is 88.6 cm³/mol. The van der Waals surface area contributed by atoms with E-state index in [1.807, 2.05) is 28.8 Å². The van der Waals surface area contributed by atoms with E-state index in [1.54, 1.807) is 12.1 Å². The number of fused-ring (bicyclic) bond motifs is 1. The first-order chi connectivity index (χ1) is 11.4. The van der Waals surface area contributed by atoms with Crippen LogP contribution in [-0.2, 0) is 16.1 Å². The second-order valence-electron chi connectivity index (χ2n) is 6.96. The molecule has 1 aromatic rings. The summed E-state index contributed by atoms with van der Waals surface area (Å²) in [4.78, 5) is 30.0. The highest BCUT2D eigenvalue weighted by molar-refractivity contribution is 5.81. The van der Waals surface area contributed by atoms with Gasteiger partial charge in [-0.3, -0.25) is 14.5 Å². The Bertz CT molecular complexity index is 619. The van der Waals surface area contributed by atoms with Crippen LogP contribution in [0, 0.1) is 11.7 Å². The lowest BCUT2D eigenvalue weighted by molar-refractivity contribution is -0.134. The Kier molecular flexibility index (Phi) is 4.85. The summed E-state index contributed by atoms with van der Waals surface area (Å²) < 4.78 is 12.9. The van der Waals surface area contributed by atoms with Crippen LogP contribution in [-0.4, -0.2) is 66.3 Å². The molecule has 0 saturated carbocycles. The van der Waals surface area contributed by atoms with Gasteiger partial charge in [-0.15, -0.1) is 0 Å². The van der Waals surface area contributed by atoms with Crippen LogP contribution in [0.1, 0.15) is 18.4 Å². The topological polar surface area (TPSA) is 43.9 Å². The Morgan fingerprint density at radius 2 is 2.04 bits per heavy atom. The van der Waals surface area contributed by atoms with E-state index < -0.39 is 0 Å². The van der Waals surface area contributed by atoms with Crippen LogP contribution in [0.25, 0.3) is 0 Å². The molecule has 6 heteroatoms. The minimum Gasteiger partial charge on any atom is -0.342 e. The minimum absolute atomic E-state index is 0.0973. The Labute approximate surface area is 142 Å². The van der Waals surface area contributed by atoms with Gasteiger partial charge in [-0.1, -0.05) is 12.1 Å². The average Bonchev–Trinajstić information content (AvgIpc) is 2.83. The number of carbonyl (C=O) groups is 2. The lowest BCUT2D eigenvalue weighted by Gasteiger charge is -2.37. The summed E-state index contributed by atoms with van der Waals surface area (Å²) in [6, 6.07) is 6.63. The monoisotopic (exact) mass is 333 g/mol. The van der Waals surface area contributed by atoms with Gasteiger partial charge in [0.25, 0.3) is 0 Å². The highest BCUT2D eigenvalue weighted by Crippen LogP contribution is 2.31. The number of hydrogen-bond donors (Lipinski definition) is 0. The van der Waals surface area contributed by atoms with E-state index in [1.165, 1.54) is 12.1 Å². The Balaban J connectivity index is 1.52. The number of piperidine rings is 1. The largest absolute Gasteiger partial charge is 0.342 e. The maximum Gasteiger partial charge on any atom is 0.236 e. The van der Waals surface area contributed by atoms with E-state index in [0.29, 0.717) is 38.6 Å². The molecular weight excluding hydrogens is 309 g/mol. The van der Waals surface area contributed by atoms with Crippen molar-refractivity contribution in [3.63, 3.8) is 0 Å². The molecule has 1 aromatic carbocycles. The first kappa shape index (κ1) is 16.9. The number of rotatable bonds is 4. The lowest BCUT2D eigenvalue weighted by Crippen LogP contribution is -2.49. The molecule has 0 bridgehead atoms. The van der Waals surface area contributed by atoms with Crippen LogP contribution in [0.5, 0.6) is 0 Å². The Hall–Kier alpha value is -1.95. The maximum atomic E-state index is 12.9. The molecule has 2 heterocycles. The standard InChI is InChI=1S/C18H24FN3O2/c1-20(10-13-3-5-15(19)6-4-13)12-18(24)22-8-7-16-14(11-22)9-17(23)21(16)2/h3-6,14,16H,7-12H2,1-2H3/t14-,16+/m1/s1. The highest BCUT2D eigenvalue weighted by atomic mass is 19.1. The molecule has 130 valence electrons. The van der Waals surface area contributed by atoms with E-state index >= 15 is 0 Å². The molecule has 2 aliphatic heterocycles. The number of carbonyl (C=O) groups excluding carboxylic acids is 2. The first-order valence-corrected chi connectivity index (χ1v) is 8.40. The van der Waals surface area contributed by atoms with Crippen LogP contribution in [0.15, 0.2) is 24.3 Å². The molecule has 0 spiro atoms. The van der Waals surface area contributed by atoms with Crippen molar-refractivity contribution in [3.8, 4) is 0 Å². The minimum atomic E-state index is -0.253. The molecular formula is C18H24FN3O2. The van der Waals surface area contributed by atoms with Gasteiger partial charge in [0.05, 0.1) is 6.54 Å². The molecule has 0 radical (unpaired) electrons. The van der Waals surface area contributed by atoms with Crippen LogP contribution in [0.4, 0.5) is 4.39 Å². The van der Waals surface area contributed by atoms with Crippen molar-refractivity contribution in [2.45, 2.75) is 25.4 Å². The van der Waals surface area contributed by atoms with E-state index in [0.717, 1.165) is 12.0 Å². The first-order valence-electron chi connectivity index (χ1n) is 8.40. The van der Waals surface area contributed by atoms with Crippen LogP contribution in [0.2, 0.25) is 0 Å². The zero-order valence-electron chi connectivity index (χ0n) is 14.2. The van der Waals surface area contributed by atoms with Crippen LogP contribution in [0.3, 0.4) is 0 Å². The molecule has 2 atom stereocenters. The normalized spacial score (nSPS) is 23.8. The van der Waals surface area contributed by atoms with Gasteiger partial charge >= 0.3 is 0 Å². The van der Waals surface area contributed by atoms with E-state index in [4.69, 9.17) is 0 Å². The number of benzene rings is 1. The fourth-order valence-corrected chi connectivity index (χ4v) is 3.80. The molecule has 2 saturated heterocycles. The summed E-state index contributed by atoms with van der Waals surface area (Å²) in [6.07, 6.45) is 1.41. The van der Waals surface area contributed by atoms with Crippen molar-refractivity contribution in [1.82, 2.24) is 14.7 Å². The molecule has 5 nitrogen and oxygen atoms in total. The summed E-state index contributed by atoms with van der Waals surface area (Å²) in [5.74, 6) is 0.298. The number of likely N-dealkylation sites (N-methyl/N-ethyl adjacent to an activating group) is 1. The smallest absolute Gasteiger partial charge is 0.236 e. The molecule has 24 heavy (non-hydrogen) atoms. The summed E-state index contributed by atoms with van der Waals surface area (Å²) in [6.45, 7) is 2.32. The van der Waals surface area contributed by atoms with Crippen molar-refractivity contribution >= 4 is 11.8 Å². The number of nitrogens with zero attached hydrogens (tertiary/aromatic N) is 3. The van der Waals surface area contributed by atoms with Crippen molar-refractivity contribution in [1.29, 1.82) is 0 Å². The molecule has 3 rings (SSSR count). The Morgan fingerprint density at radius 3 is 2.75 bits per heavy atom. The van der Waals surface area contributed by atoms with Gasteiger partial charge in [-0.05, 0) is 31.2 Å². The number of likely N-dealkylation sites (tertiary alicyclic amines) is 2. The van der Waals surface area contributed by atoms with Gasteiger partial charge < -0.3 is 9.80 Å². The molecule has 2 fully saturated rings. The molecule has 0 aromatic heterocycles. The third kappa shape index (κ3) is 3.59. The zero-order chi connectivity index (χ0) is 17.3. The summed E-state index contributed by atoms with van der Waals surface area (Å²) in [7, 11) is 3.75. The lowest BCUT2D eigenvalue weighted by atomic mass is 9.93. The van der Waals surface area contributed by atoms with Crippen LogP contribution < -0.4 is 0 Å². The van der Waals surface area contributed by atoms with Crippen LogP contribution >= 0.6 is 0 Å². The van der Waals surface area contributed by atoms with E-state index in [-0.39, 0.29) is 23.5 Å². The fourth-order valence-electron chi connectivity index (χ4n) is 3.80. The van der Waals surface area contributed by atoms with Crippen molar-refractivity contribution in [3.05, 3.63) is 35.6 Å². The second kappa shape index (κ2) is 6.89. The highest BCUT2D eigenvalue weighted by Gasteiger charge is 2.41. The molecule has 0 unspecified atom stereocenters. The van der Waals surface area contributed by atoms with Crippen molar-refractivity contribution < 1.29 is 14.0 Å². The van der Waals surface area contributed by atoms with Gasteiger partial charge in [0.2, 0.25) is 11.8 Å². The van der Waals surface area contributed by atoms with Gasteiger partial charge in [0, 0.05) is 45.1 Å². The van der Waals surface area contributed by atoms with Gasteiger partial charge in [0.1, 0.15) is 5.82 Å². The number of hydrogen-bond acceptors (Lipinski definition) is 3. The maximum absolute atomic E-state index is 12.9. The third-order valence-corrected chi connectivity index (χ3v) is 5.15. The van der Waals surface area contributed by atoms with E-state index in [2.05, 4.69) is 0 Å². The molecule has 0 N–H and O–H groups in total. The summed E-state index contributed by atoms with van der Waals surface area (Å²) >= 11 is 0. The van der Waals surface area contributed by atoms with Gasteiger partial charge in [0.15, 0.2) is 0 Å². The van der Waals surface area contributed by atoms with Crippen molar-refractivity contribution in [2.24, 2.45) is 5.92 Å². The summed E-state index contributed by atoms with van der Waals surface area (Å²) in [5, 5.41) is 0. The third-order valence-electron chi connectivity index (χ3n) is 5.15.